The summed E-state index contributed by atoms with van der Waals surface area (Å²) in [7, 11) is 1.56. The predicted molar refractivity (Wildman–Crippen MR) is 78.9 cm³/mol. The predicted octanol–water partition coefficient (Wildman–Crippen LogP) is 3.05. The standard InChI is InChI=1S/C15H11ClN2O2/c1-20-12-5-6-14-13(8-12)15(19)17-9-18(14)11-4-2-3-10(16)7-11/h2-9H,1H3. The molecule has 4 nitrogen and oxygen atoms in total. The van der Waals surface area contributed by atoms with Crippen molar-refractivity contribution < 1.29 is 4.74 Å². The normalized spacial score (nSPS) is 10.7. The average molecular weight is 287 g/mol. The summed E-state index contributed by atoms with van der Waals surface area (Å²) in [6.45, 7) is 0. The molecule has 1 heterocycles. The van der Waals surface area contributed by atoms with Crippen molar-refractivity contribution in [2.24, 2.45) is 0 Å². The maximum atomic E-state index is 11.9. The Morgan fingerprint density at radius 2 is 2.05 bits per heavy atom. The van der Waals surface area contributed by atoms with Crippen LogP contribution < -0.4 is 10.3 Å². The molecule has 20 heavy (non-hydrogen) atoms. The van der Waals surface area contributed by atoms with Crippen LogP contribution in [0.25, 0.3) is 16.6 Å². The average Bonchev–Trinajstić information content (AvgIpc) is 2.47. The van der Waals surface area contributed by atoms with Crippen molar-refractivity contribution >= 4 is 22.5 Å². The van der Waals surface area contributed by atoms with Gasteiger partial charge in [-0.05, 0) is 36.4 Å². The first-order valence-electron chi connectivity index (χ1n) is 6.00. The molecule has 0 saturated heterocycles. The summed E-state index contributed by atoms with van der Waals surface area (Å²) in [5.41, 5.74) is 1.32. The van der Waals surface area contributed by atoms with Crippen LogP contribution in [0.5, 0.6) is 5.75 Å². The fourth-order valence-corrected chi connectivity index (χ4v) is 2.28. The molecule has 3 aromatic rings. The summed E-state index contributed by atoms with van der Waals surface area (Å²) in [5, 5.41) is 1.13. The van der Waals surface area contributed by atoms with Crippen LogP contribution in [-0.4, -0.2) is 16.7 Å². The van der Waals surface area contributed by atoms with Gasteiger partial charge in [0.05, 0.1) is 18.0 Å². The van der Waals surface area contributed by atoms with E-state index in [9.17, 15) is 4.79 Å². The molecule has 0 saturated carbocycles. The lowest BCUT2D eigenvalue weighted by molar-refractivity contribution is 0.415. The molecule has 0 unspecified atom stereocenters. The summed E-state index contributed by atoms with van der Waals surface area (Å²) >= 11 is 6.01. The SMILES string of the molecule is COc1ccc2c(c1)c(=O)ncn2-c1cccc(Cl)c1. The van der Waals surface area contributed by atoms with Crippen LogP contribution in [0, 0.1) is 0 Å². The number of aromatic nitrogens is 2. The highest BCUT2D eigenvalue weighted by Crippen LogP contribution is 2.21. The molecule has 100 valence electrons. The lowest BCUT2D eigenvalue weighted by Gasteiger charge is -2.11. The Morgan fingerprint density at radius 3 is 2.80 bits per heavy atom. The van der Waals surface area contributed by atoms with E-state index in [-0.39, 0.29) is 5.56 Å². The smallest absolute Gasteiger partial charge is 0.280 e. The van der Waals surface area contributed by atoms with Crippen LogP contribution in [0.15, 0.2) is 53.6 Å². The molecule has 0 aliphatic heterocycles. The molecule has 0 aliphatic carbocycles. The van der Waals surface area contributed by atoms with Crippen molar-refractivity contribution in [1.82, 2.24) is 9.55 Å². The van der Waals surface area contributed by atoms with Crippen molar-refractivity contribution in [1.29, 1.82) is 0 Å². The third kappa shape index (κ3) is 2.14. The fraction of sp³-hybridized carbons (Fsp3) is 0.0667. The number of hydrogen-bond donors (Lipinski definition) is 0. The first-order chi connectivity index (χ1) is 9.69. The van der Waals surface area contributed by atoms with Crippen molar-refractivity contribution in [2.45, 2.75) is 0 Å². The number of hydrogen-bond acceptors (Lipinski definition) is 3. The minimum atomic E-state index is -0.280. The maximum Gasteiger partial charge on any atom is 0.280 e. The highest BCUT2D eigenvalue weighted by atomic mass is 35.5. The molecule has 1 aromatic heterocycles. The van der Waals surface area contributed by atoms with Gasteiger partial charge in [0.25, 0.3) is 5.56 Å². The largest absolute Gasteiger partial charge is 0.497 e. The van der Waals surface area contributed by atoms with E-state index in [0.717, 1.165) is 11.2 Å². The summed E-state index contributed by atoms with van der Waals surface area (Å²) in [6, 6.07) is 12.7. The molecule has 0 amide bonds. The Kier molecular flexibility index (Phi) is 3.16. The number of halogens is 1. The maximum absolute atomic E-state index is 11.9. The van der Waals surface area contributed by atoms with Crippen LogP contribution in [0.3, 0.4) is 0 Å². The van der Waals surface area contributed by atoms with Gasteiger partial charge in [0.15, 0.2) is 0 Å². The van der Waals surface area contributed by atoms with Crippen molar-refractivity contribution in [2.75, 3.05) is 7.11 Å². The van der Waals surface area contributed by atoms with Gasteiger partial charge in [-0.15, -0.1) is 0 Å². The first kappa shape index (κ1) is 12.7. The summed E-state index contributed by atoms with van der Waals surface area (Å²) in [6.07, 6.45) is 1.50. The third-order valence-electron chi connectivity index (χ3n) is 3.07. The van der Waals surface area contributed by atoms with Gasteiger partial charge < -0.3 is 9.30 Å². The van der Waals surface area contributed by atoms with Gasteiger partial charge in [-0.25, -0.2) is 0 Å². The van der Waals surface area contributed by atoms with Crippen molar-refractivity contribution in [3.63, 3.8) is 0 Å². The highest BCUT2D eigenvalue weighted by molar-refractivity contribution is 6.30. The molecule has 0 radical (unpaired) electrons. The third-order valence-corrected chi connectivity index (χ3v) is 3.31. The Labute approximate surface area is 120 Å². The fourth-order valence-electron chi connectivity index (χ4n) is 2.10. The minimum Gasteiger partial charge on any atom is -0.497 e. The highest BCUT2D eigenvalue weighted by Gasteiger charge is 2.07. The van der Waals surface area contributed by atoms with Gasteiger partial charge in [0.2, 0.25) is 0 Å². The number of rotatable bonds is 2. The molecule has 0 fully saturated rings. The van der Waals surface area contributed by atoms with Crippen LogP contribution in [0.4, 0.5) is 0 Å². The zero-order chi connectivity index (χ0) is 14.1. The molecule has 0 bridgehead atoms. The van der Waals surface area contributed by atoms with Crippen molar-refractivity contribution in [3.8, 4) is 11.4 Å². The van der Waals surface area contributed by atoms with Crippen molar-refractivity contribution in [3.05, 3.63) is 64.2 Å². The van der Waals surface area contributed by atoms with E-state index in [0.29, 0.717) is 16.2 Å². The second-order valence-corrected chi connectivity index (χ2v) is 4.72. The number of ether oxygens (including phenoxy) is 1. The van der Waals surface area contributed by atoms with E-state index in [1.807, 2.05) is 34.9 Å². The van der Waals surface area contributed by atoms with Gasteiger partial charge in [-0.1, -0.05) is 17.7 Å². The molecule has 0 atom stereocenters. The quantitative estimate of drug-likeness (QED) is 0.727. The number of fused-ring (bicyclic) bond motifs is 1. The molecular formula is C15H11ClN2O2. The van der Waals surface area contributed by atoms with Gasteiger partial charge in [0.1, 0.15) is 12.1 Å². The second-order valence-electron chi connectivity index (χ2n) is 4.28. The molecule has 0 spiro atoms. The number of benzene rings is 2. The number of methoxy groups -OCH3 is 1. The molecule has 2 aromatic carbocycles. The van der Waals surface area contributed by atoms with Gasteiger partial charge in [-0.3, -0.25) is 4.79 Å². The molecular weight excluding hydrogens is 276 g/mol. The summed E-state index contributed by atoms with van der Waals surface area (Å²) in [5.74, 6) is 0.625. The molecule has 0 N–H and O–H groups in total. The second kappa shape index (κ2) is 4.98. The molecule has 3 rings (SSSR count). The first-order valence-corrected chi connectivity index (χ1v) is 6.38. The zero-order valence-corrected chi connectivity index (χ0v) is 11.5. The Balaban J connectivity index is 2.32. The van der Waals surface area contributed by atoms with Gasteiger partial charge in [0, 0.05) is 10.7 Å². The van der Waals surface area contributed by atoms with E-state index in [2.05, 4.69) is 4.98 Å². The Bertz CT molecular complexity index is 843. The van der Waals surface area contributed by atoms with E-state index in [1.165, 1.54) is 6.33 Å². The molecule has 5 heteroatoms. The van der Waals surface area contributed by atoms with E-state index in [1.54, 1.807) is 19.2 Å². The van der Waals surface area contributed by atoms with E-state index < -0.39 is 0 Å². The topological polar surface area (TPSA) is 44.1 Å². The number of nitrogens with zero attached hydrogens (tertiary/aromatic N) is 2. The molecule has 0 aliphatic rings. The van der Waals surface area contributed by atoms with Crippen LogP contribution in [0.1, 0.15) is 0 Å². The van der Waals surface area contributed by atoms with E-state index >= 15 is 0 Å². The van der Waals surface area contributed by atoms with Gasteiger partial charge in [-0.2, -0.15) is 4.98 Å². The summed E-state index contributed by atoms with van der Waals surface area (Å²) in [4.78, 5) is 15.8. The monoisotopic (exact) mass is 286 g/mol. The Hall–Kier alpha value is -2.33. The van der Waals surface area contributed by atoms with Crippen LogP contribution in [0.2, 0.25) is 5.02 Å². The lowest BCUT2D eigenvalue weighted by Crippen LogP contribution is -2.11. The Morgan fingerprint density at radius 1 is 1.20 bits per heavy atom. The van der Waals surface area contributed by atoms with Crippen LogP contribution >= 0.6 is 11.6 Å². The lowest BCUT2D eigenvalue weighted by atomic mass is 10.2. The van der Waals surface area contributed by atoms with Gasteiger partial charge >= 0.3 is 0 Å². The van der Waals surface area contributed by atoms with E-state index in [4.69, 9.17) is 16.3 Å². The summed E-state index contributed by atoms with van der Waals surface area (Å²) < 4.78 is 6.97. The minimum absolute atomic E-state index is 0.280. The van der Waals surface area contributed by atoms with Crippen LogP contribution in [-0.2, 0) is 0 Å². The zero-order valence-electron chi connectivity index (χ0n) is 10.7.